The van der Waals surface area contributed by atoms with Crippen molar-refractivity contribution in [2.45, 2.75) is 12.8 Å². The molecule has 1 aromatic rings. The zero-order valence-corrected chi connectivity index (χ0v) is 9.26. The molecule has 1 aliphatic heterocycles. The van der Waals surface area contributed by atoms with Crippen molar-refractivity contribution in [1.29, 1.82) is 0 Å². The SMILES string of the molecule is c1csc(CCCN2CCOCC2)c1. The van der Waals surface area contributed by atoms with Crippen LogP contribution in [0.1, 0.15) is 11.3 Å². The van der Waals surface area contributed by atoms with Crippen LogP contribution in [-0.2, 0) is 11.2 Å². The third kappa shape index (κ3) is 3.08. The second-order valence-electron chi connectivity index (χ2n) is 3.64. The Morgan fingerprint density at radius 1 is 1.36 bits per heavy atom. The molecule has 1 saturated heterocycles. The highest BCUT2D eigenvalue weighted by Crippen LogP contribution is 2.11. The average molecular weight is 211 g/mol. The standard InChI is InChI=1S/C11H17NOS/c1(3-11-4-2-10-14-11)5-12-6-8-13-9-7-12/h2,4,10H,1,3,5-9H2. The molecule has 14 heavy (non-hydrogen) atoms. The van der Waals surface area contributed by atoms with Gasteiger partial charge in [0.15, 0.2) is 0 Å². The number of thiophene rings is 1. The van der Waals surface area contributed by atoms with Crippen molar-refractivity contribution in [2.24, 2.45) is 0 Å². The van der Waals surface area contributed by atoms with Crippen LogP contribution < -0.4 is 0 Å². The average Bonchev–Trinajstić information content (AvgIpc) is 2.72. The summed E-state index contributed by atoms with van der Waals surface area (Å²) >= 11 is 1.87. The zero-order valence-electron chi connectivity index (χ0n) is 8.45. The fourth-order valence-electron chi connectivity index (χ4n) is 1.76. The van der Waals surface area contributed by atoms with Gasteiger partial charge >= 0.3 is 0 Å². The van der Waals surface area contributed by atoms with Gasteiger partial charge in [0.05, 0.1) is 13.2 Å². The summed E-state index contributed by atoms with van der Waals surface area (Å²) in [5.74, 6) is 0. The molecule has 78 valence electrons. The minimum atomic E-state index is 0.916. The molecule has 1 aliphatic rings. The first-order valence-electron chi connectivity index (χ1n) is 5.27. The second kappa shape index (κ2) is 5.49. The van der Waals surface area contributed by atoms with Gasteiger partial charge in [-0.1, -0.05) is 6.07 Å². The van der Waals surface area contributed by atoms with E-state index in [9.17, 15) is 0 Å². The van der Waals surface area contributed by atoms with E-state index >= 15 is 0 Å². The van der Waals surface area contributed by atoms with Crippen molar-refractivity contribution < 1.29 is 4.74 Å². The molecule has 1 fully saturated rings. The summed E-state index contributed by atoms with van der Waals surface area (Å²) in [5.41, 5.74) is 0. The van der Waals surface area contributed by atoms with Gasteiger partial charge in [0.2, 0.25) is 0 Å². The van der Waals surface area contributed by atoms with Gasteiger partial charge in [-0.3, -0.25) is 4.90 Å². The largest absolute Gasteiger partial charge is 0.379 e. The maximum Gasteiger partial charge on any atom is 0.0594 e. The molecule has 1 aromatic heterocycles. The Balaban J connectivity index is 1.62. The molecule has 3 heteroatoms. The van der Waals surface area contributed by atoms with E-state index in [1.54, 1.807) is 0 Å². The maximum atomic E-state index is 5.31. The molecule has 0 N–H and O–H groups in total. The van der Waals surface area contributed by atoms with E-state index in [1.807, 2.05) is 11.3 Å². The molecule has 0 saturated carbocycles. The number of ether oxygens (including phenoxy) is 1. The highest BCUT2D eigenvalue weighted by atomic mass is 32.1. The fourth-order valence-corrected chi connectivity index (χ4v) is 2.51. The monoisotopic (exact) mass is 211 g/mol. The van der Waals surface area contributed by atoms with Crippen LogP contribution in [0.3, 0.4) is 0 Å². The maximum absolute atomic E-state index is 5.31. The Kier molecular flexibility index (Phi) is 3.98. The number of aryl methyl sites for hydroxylation is 1. The number of rotatable bonds is 4. The Labute approximate surface area is 89.5 Å². The summed E-state index contributed by atoms with van der Waals surface area (Å²) in [6, 6.07) is 4.36. The molecule has 0 aliphatic carbocycles. The molecule has 0 unspecified atom stereocenters. The van der Waals surface area contributed by atoms with E-state index in [2.05, 4.69) is 22.4 Å². The molecular weight excluding hydrogens is 194 g/mol. The third-order valence-corrected chi connectivity index (χ3v) is 3.52. The first kappa shape index (κ1) is 10.1. The van der Waals surface area contributed by atoms with Gasteiger partial charge in [-0.2, -0.15) is 0 Å². The zero-order chi connectivity index (χ0) is 9.64. The number of morpholine rings is 1. The molecule has 0 radical (unpaired) electrons. The lowest BCUT2D eigenvalue weighted by Crippen LogP contribution is -2.36. The summed E-state index contributed by atoms with van der Waals surface area (Å²) < 4.78 is 5.31. The Morgan fingerprint density at radius 2 is 2.21 bits per heavy atom. The molecule has 0 amide bonds. The van der Waals surface area contributed by atoms with E-state index in [1.165, 1.54) is 24.3 Å². The molecule has 2 nitrogen and oxygen atoms in total. The van der Waals surface area contributed by atoms with Crippen molar-refractivity contribution in [3.05, 3.63) is 22.4 Å². The molecule has 2 rings (SSSR count). The van der Waals surface area contributed by atoms with Crippen molar-refractivity contribution in [3.8, 4) is 0 Å². The van der Waals surface area contributed by atoms with Gasteiger partial charge in [-0.15, -0.1) is 11.3 Å². The van der Waals surface area contributed by atoms with Crippen LogP contribution in [0.25, 0.3) is 0 Å². The molecule has 2 heterocycles. The van der Waals surface area contributed by atoms with E-state index in [4.69, 9.17) is 4.74 Å². The van der Waals surface area contributed by atoms with Crippen LogP contribution in [0.5, 0.6) is 0 Å². The van der Waals surface area contributed by atoms with Crippen LogP contribution in [0.2, 0.25) is 0 Å². The van der Waals surface area contributed by atoms with E-state index in [-0.39, 0.29) is 0 Å². The van der Waals surface area contributed by atoms with Crippen molar-refractivity contribution >= 4 is 11.3 Å². The lowest BCUT2D eigenvalue weighted by atomic mass is 10.2. The fraction of sp³-hybridized carbons (Fsp3) is 0.636. The highest BCUT2D eigenvalue weighted by Gasteiger charge is 2.09. The first-order chi connectivity index (χ1) is 6.95. The minimum absolute atomic E-state index is 0.916. The topological polar surface area (TPSA) is 12.5 Å². The summed E-state index contributed by atoms with van der Waals surface area (Å²) in [4.78, 5) is 4.01. The summed E-state index contributed by atoms with van der Waals surface area (Å²) in [6.07, 6.45) is 2.51. The lowest BCUT2D eigenvalue weighted by molar-refractivity contribution is 0.0375. The van der Waals surface area contributed by atoms with Crippen LogP contribution >= 0.6 is 11.3 Å². The van der Waals surface area contributed by atoms with Gasteiger partial charge < -0.3 is 4.74 Å². The molecule has 0 aromatic carbocycles. The Hall–Kier alpha value is -0.380. The van der Waals surface area contributed by atoms with Crippen LogP contribution in [0, 0.1) is 0 Å². The predicted molar refractivity (Wildman–Crippen MR) is 59.9 cm³/mol. The summed E-state index contributed by atoms with van der Waals surface area (Å²) in [6.45, 7) is 5.29. The first-order valence-corrected chi connectivity index (χ1v) is 6.15. The summed E-state index contributed by atoms with van der Waals surface area (Å²) in [7, 11) is 0. The van der Waals surface area contributed by atoms with E-state index < -0.39 is 0 Å². The normalized spacial score (nSPS) is 18.6. The number of hydrogen-bond acceptors (Lipinski definition) is 3. The second-order valence-corrected chi connectivity index (χ2v) is 4.67. The Morgan fingerprint density at radius 3 is 2.93 bits per heavy atom. The van der Waals surface area contributed by atoms with Gasteiger partial charge in [-0.05, 0) is 30.8 Å². The van der Waals surface area contributed by atoms with Crippen LogP contribution in [0.4, 0.5) is 0 Å². The van der Waals surface area contributed by atoms with Gasteiger partial charge in [0.25, 0.3) is 0 Å². The number of hydrogen-bond donors (Lipinski definition) is 0. The highest BCUT2D eigenvalue weighted by molar-refractivity contribution is 7.09. The van der Waals surface area contributed by atoms with Crippen LogP contribution in [-0.4, -0.2) is 37.7 Å². The van der Waals surface area contributed by atoms with Crippen molar-refractivity contribution in [1.82, 2.24) is 4.90 Å². The molecule has 0 atom stereocenters. The van der Waals surface area contributed by atoms with Gasteiger partial charge in [0.1, 0.15) is 0 Å². The number of nitrogens with zero attached hydrogens (tertiary/aromatic N) is 1. The predicted octanol–water partition coefficient (Wildman–Crippen LogP) is 2.01. The summed E-state index contributed by atoms with van der Waals surface area (Å²) in [5, 5.41) is 2.16. The molecule has 0 spiro atoms. The smallest absolute Gasteiger partial charge is 0.0594 e. The Bertz CT molecular complexity index is 242. The van der Waals surface area contributed by atoms with E-state index in [0.29, 0.717) is 0 Å². The quantitative estimate of drug-likeness (QED) is 0.755. The lowest BCUT2D eigenvalue weighted by Gasteiger charge is -2.26. The van der Waals surface area contributed by atoms with Gasteiger partial charge in [0, 0.05) is 18.0 Å². The molecular formula is C11H17NOS. The van der Waals surface area contributed by atoms with Crippen molar-refractivity contribution in [3.63, 3.8) is 0 Å². The molecule has 0 bridgehead atoms. The third-order valence-electron chi connectivity index (χ3n) is 2.58. The van der Waals surface area contributed by atoms with Crippen LogP contribution in [0.15, 0.2) is 17.5 Å². The van der Waals surface area contributed by atoms with Crippen molar-refractivity contribution in [2.75, 3.05) is 32.8 Å². The van der Waals surface area contributed by atoms with E-state index in [0.717, 1.165) is 26.3 Å². The van der Waals surface area contributed by atoms with Gasteiger partial charge in [-0.25, -0.2) is 0 Å². The minimum Gasteiger partial charge on any atom is -0.379 e.